The van der Waals surface area contributed by atoms with Crippen molar-refractivity contribution in [3.05, 3.63) is 12.0 Å². The summed E-state index contributed by atoms with van der Waals surface area (Å²) < 4.78 is 24.5. The SMILES string of the molecule is CCCCCCn1cc(S(=O)(=O)Cl)nc1CCC. The number of aryl methyl sites for hydroxylation is 2. The molecule has 0 amide bonds. The van der Waals surface area contributed by atoms with E-state index < -0.39 is 9.05 Å². The Morgan fingerprint density at radius 1 is 1.22 bits per heavy atom. The number of hydrogen-bond donors (Lipinski definition) is 0. The second-order valence-corrected chi connectivity index (χ2v) is 6.95. The molecule has 1 aromatic rings. The van der Waals surface area contributed by atoms with Gasteiger partial charge in [-0.3, -0.25) is 0 Å². The van der Waals surface area contributed by atoms with Gasteiger partial charge < -0.3 is 4.57 Å². The molecule has 0 N–H and O–H groups in total. The van der Waals surface area contributed by atoms with Crippen molar-refractivity contribution < 1.29 is 8.42 Å². The summed E-state index contributed by atoms with van der Waals surface area (Å²) in [6.45, 7) is 5.03. The molecule has 0 unspecified atom stereocenters. The first-order valence-electron chi connectivity index (χ1n) is 6.49. The van der Waals surface area contributed by atoms with E-state index >= 15 is 0 Å². The maximum absolute atomic E-state index is 11.3. The zero-order valence-corrected chi connectivity index (χ0v) is 12.6. The van der Waals surface area contributed by atoms with Crippen LogP contribution in [-0.4, -0.2) is 18.0 Å². The van der Waals surface area contributed by atoms with Gasteiger partial charge in [0.2, 0.25) is 0 Å². The Bertz CT molecular complexity index is 468. The summed E-state index contributed by atoms with van der Waals surface area (Å²) in [6.07, 6.45) is 7.87. The van der Waals surface area contributed by atoms with Crippen molar-refractivity contribution in [2.75, 3.05) is 0 Å². The lowest BCUT2D eigenvalue weighted by Crippen LogP contribution is -2.02. The molecule has 104 valence electrons. The Kier molecular flexibility index (Phi) is 6.15. The van der Waals surface area contributed by atoms with Crippen molar-refractivity contribution in [2.45, 2.75) is 63.9 Å². The van der Waals surface area contributed by atoms with Gasteiger partial charge in [0.05, 0.1) is 0 Å². The second kappa shape index (κ2) is 7.14. The highest BCUT2D eigenvalue weighted by Crippen LogP contribution is 2.16. The Morgan fingerprint density at radius 2 is 1.94 bits per heavy atom. The van der Waals surface area contributed by atoms with Gasteiger partial charge in [-0.1, -0.05) is 33.1 Å². The lowest BCUT2D eigenvalue weighted by molar-refractivity contribution is 0.562. The number of aromatic nitrogens is 2. The molecular weight excluding hydrogens is 272 g/mol. The average molecular weight is 293 g/mol. The van der Waals surface area contributed by atoms with Gasteiger partial charge in [0, 0.05) is 29.8 Å². The highest BCUT2D eigenvalue weighted by molar-refractivity contribution is 8.13. The summed E-state index contributed by atoms with van der Waals surface area (Å²) >= 11 is 0. The maximum atomic E-state index is 11.3. The molecule has 1 aromatic heterocycles. The Labute approximate surface area is 114 Å². The van der Waals surface area contributed by atoms with Crippen molar-refractivity contribution in [3.8, 4) is 0 Å². The van der Waals surface area contributed by atoms with Gasteiger partial charge in [-0.05, 0) is 12.8 Å². The van der Waals surface area contributed by atoms with Crippen molar-refractivity contribution in [1.29, 1.82) is 0 Å². The summed E-state index contributed by atoms with van der Waals surface area (Å²) in [5, 5.41) is -0.0249. The van der Waals surface area contributed by atoms with Crippen LogP contribution in [-0.2, 0) is 22.0 Å². The molecule has 0 atom stereocenters. The number of rotatable bonds is 8. The van der Waals surface area contributed by atoms with Crippen molar-refractivity contribution >= 4 is 19.7 Å². The van der Waals surface area contributed by atoms with E-state index in [1.807, 2.05) is 11.5 Å². The predicted octanol–water partition coefficient (Wildman–Crippen LogP) is 3.34. The van der Waals surface area contributed by atoms with E-state index in [9.17, 15) is 8.42 Å². The molecule has 18 heavy (non-hydrogen) atoms. The third kappa shape index (κ3) is 4.61. The number of unbranched alkanes of at least 4 members (excludes halogenated alkanes) is 3. The summed E-state index contributed by atoms with van der Waals surface area (Å²) in [5.41, 5.74) is 0. The first kappa shape index (κ1) is 15.5. The molecule has 0 aliphatic rings. The van der Waals surface area contributed by atoms with Crippen LogP contribution in [0.5, 0.6) is 0 Å². The third-order valence-corrected chi connectivity index (χ3v) is 3.98. The molecule has 0 spiro atoms. The van der Waals surface area contributed by atoms with Crippen LogP contribution in [0.3, 0.4) is 0 Å². The summed E-state index contributed by atoms with van der Waals surface area (Å²) in [6, 6.07) is 0. The molecule has 0 radical (unpaired) electrons. The van der Waals surface area contributed by atoms with Gasteiger partial charge in [0.1, 0.15) is 5.82 Å². The van der Waals surface area contributed by atoms with E-state index in [0.29, 0.717) is 0 Å². The normalized spacial score (nSPS) is 11.9. The topological polar surface area (TPSA) is 52.0 Å². The molecule has 0 saturated carbocycles. The van der Waals surface area contributed by atoms with Crippen LogP contribution in [0.1, 0.15) is 51.8 Å². The number of nitrogens with zero attached hydrogens (tertiary/aromatic N) is 2. The van der Waals surface area contributed by atoms with Gasteiger partial charge in [0.15, 0.2) is 5.03 Å². The molecule has 1 heterocycles. The zero-order chi connectivity index (χ0) is 13.6. The first-order chi connectivity index (χ1) is 8.49. The van der Waals surface area contributed by atoms with Crippen LogP contribution >= 0.6 is 10.7 Å². The van der Waals surface area contributed by atoms with Crippen molar-refractivity contribution in [3.63, 3.8) is 0 Å². The fraction of sp³-hybridized carbons (Fsp3) is 0.750. The van der Waals surface area contributed by atoms with E-state index in [0.717, 1.165) is 38.1 Å². The van der Waals surface area contributed by atoms with Gasteiger partial charge in [-0.25, -0.2) is 13.4 Å². The number of halogens is 1. The van der Waals surface area contributed by atoms with Gasteiger partial charge in [-0.15, -0.1) is 0 Å². The van der Waals surface area contributed by atoms with Crippen LogP contribution < -0.4 is 0 Å². The number of hydrogen-bond acceptors (Lipinski definition) is 3. The highest BCUT2D eigenvalue weighted by atomic mass is 35.7. The third-order valence-electron chi connectivity index (χ3n) is 2.81. The number of imidazole rings is 1. The lowest BCUT2D eigenvalue weighted by Gasteiger charge is -2.06. The minimum absolute atomic E-state index is 0.0249. The van der Waals surface area contributed by atoms with E-state index in [1.165, 1.54) is 12.8 Å². The largest absolute Gasteiger partial charge is 0.333 e. The molecule has 0 bridgehead atoms. The minimum atomic E-state index is -3.72. The average Bonchev–Trinajstić information content (AvgIpc) is 2.68. The molecule has 0 aliphatic carbocycles. The predicted molar refractivity (Wildman–Crippen MR) is 73.4 cm³/mol. The Balaban J connectivity index is 2.78. The molecule has 0 aliphatic heterocycles. The van der Waals surface area contributed by atoms with Crippen LogP contribution in [0.15, 0.2) is 11.2 Å². The Morgan fingerprint density at radius 3 is 2.50 bits per heavy atom. The standard InChI is InChI=1S/C12H21ClN2O2S/c1-3-5-6-7-9-15-10-12(18(13,16)17)14-11(15)8-4-2/h10H,3-9H2,1-2H3. The fourth-order valence-electron chi connectivity index (χ4n) is 1.87. The van der Waals surface area contributed by atoms with Gasteiger partial charge in [0.25, 0.3) is 9.05 Å². The van der Waals surface area contributed by atoms with E-state index in [-0.39, 0.29) is 5.03 Å². The van der Waals surface area contributed by atoms with Crippen molar-refractivity contribution in [2.24, 2.45) is 0 Å². The Hall–Kier alpha value is -0.550. The van der Waals surface area contributed by atoms with Crippen LogP contribution in [0.4, 0.5) is 0 Å². The quantitative estimate of drug-likeness (QED) is 0.545. The molecule has 0 aromatic carbocycles. The van der Waals surface area contributed by atoms with E-state index in [4.69, 9.17) is 10.7 Å². The smallest absolute Gasteiger partial charge is 0.280 e. The van der Waals surface area contributed by atoms with Crippen LogP contribution in [0.25, 0.3) is 0 Å². The van der Waals surface area contributed by atoms with Gasteiger partial charge >= 0.3 is 0 Å². The van der Waals surface area contributed by atoms with E-state index in [1.54, 1.807) is 6.20 Å². The van der Waals surface area contributed by atoms with E-state index in [2.05, 4.69) is 11.9 Å². The summed E-state index contributed by atoms with van der Waals surface area (Å²) in [4.78, 5) is 4.11. The molecular formula is C12H21ClN2O2S. The molecule has 0 fully saturated rings. The second-order valence-electron chi connectivity index (χ2n) is 4.44. The van der Waals surface area contributed by atoms with Crippen LogP contribution in [0.2, 0.25) is 0 Å². The minimum Gasteiger partial charge on any atom is -0.333 e. The van der Waals surface area contributed by atoms with Crippen LogP contribution in [0, 0.1) is 0 Å². The molecule has 6 heteroatoms. The first-order valence-corrected chi connectivity index (χ1v) is 8.80. The molecule has 4 nitrogen and oxygen atoms in total. The summed E-state index contributed by atoms with van der Waals surface area (Å²) in [7, 11) is 1.61. The molecule has 0 saturated heterocycles. The highest BCUT2D eigenvalue weighted by Gasteiger charge is 2.17. The lowest BCUT2D eigenvalue weighted by atomic mass is 10.2. The van der Waals surface area contributed by atoms with Crippen molar-refractivity contribution in [1.82, 2.24) is 9.55 Å². The maximum Gasteiger partial charge on any atom is 0.280 e. The fourth-order valence-corrected chi connectivity index (χ4v) is 2.56. The molecule has 1 rings (SSSR count). The van der Waals surface area contributed by atoms with Gasteiger partial charge in [-0.2, -0.15) is 0 Å². The summed E-state index contributed by atoms with van der Waals surface area (Å²) in [5.74, 6) is 0.813. The zero-order valence-electron chi connectivity index (χ0n) is 11.0. The monoisotopic (exact) mass is 292 g/mol.